The van der Waals surface area contributed by atoms with Gasteiger partial charge in [0, 0.05) is 26.8 Å². The largest absolute Gasteiger partial charge is 0.497 e. The Kier molecular flexibility index (Phi) is 11.6. The van der Waals surface area contributed by atoms with Crippen molar-refractivity contribution >= 4 is 17.8 Å². The molecule has 0 atom stereocenters. The van der Waals surface area contributed by atoms with E-state index in [-0.39, 0.29) is 34.1 Å². The number of esters is 1. The van der Waals surface area contributed by atoms with Gasteiger partial charge in [0.2, 0.25) is 0 Å². The summed E-state index contributed by atoms with van der Waals surface area (Å²) in [5.41, 5.74) is 0.294. The number of aryl methyl sites for hydroxylation is 1. The van der Waals surface area contributed by atoms with Gasteiger partial charge in [-0.2, -0.15) is 0 Å². The van der Waals surface area contributed by atoms with E-state index in [0.29, 0.717) is 12.8 Å². The molecule has 8 heteroatoms. The minimum absolute atomic E-state index is 0. The Morgan fingerprint density at radius 3 is 2.21 bits per heavy atom. The number of Topliss-reactive ketones (excluding diaryl/α,β-unsaturated/α-hetero) is 1. The molecule has 156 valence electrons. The zero-order valence-corrected chi connectivity index (χ0v) is 19.9. The summed E-state index contributed by atoms with van der Waals surface area (Å²) in [6.45, 7) is 6.78. The van der Waals surface area contributed by atoms with Crippen molar-refractivity contribution in [2.45, 2.75) is 52.6 Å². The molecule has 0 aliphatic carbocycles. The summed E-state index contributed by atoms with van der Waals surface area (Å²) in [4.78, 5) is 36.4. The summed E-state index contributed by atoms with van der Waals surface area (Å²) >= 11 is 0. The van der Waals surface area contributed by atoms with Crippen LogP contribution in [0.1, 0.15) is 46.1 Å². The third-order valence-electron chi connectivity index (χ3n) is 3.41. The minimum Gasteiger partial charge on any atom is -0.497 e. The maximum Gasteiger partial charge on any atom is 0.381 e. The number of hydrogen-bond acceptors (Lipinski definition) is 6. The smallest absolute Gasteiger partial charge is 0.381 e. The zero-order valence-electron chi connectivity index (χ0n) is 17.0. The molecule has 0 bridgehead atoms. The van der Waals surface area contributed by atoms with Crippen LogP contribution in [-0.2, 0) is 46.5 Å². The Morgan fingerprint density at radius 1 is 1.11 bits per heavy atom. The van der Waals surface area contributed by atoms with E-state index in [4.69, 9.17) is 14.2 Å². The maximum atomic E-state index is 12.4. The summed E-state index contributed by atoms with van der Waals surface area (Å²) in [5.74, 6) is -0.597. The van der Waals surface area contributed by atoms with E-state index in [1.54, 1.807) is 34.8 Å². The number of nitrogens with one attached hydrogen (secondary N) is 1. The first kappa shape index (κ1) is 26.0. The van der Waals surface area contributed by atoms with Crippen molar-refractivity contribution in [1.82, 2.24) is 5.32 Å². The Labute approximate surface area is 180 Å². The number of alkyl carbamates (subject to hydrolysis) is 1. The summed E-state index contributed by atoms with van der Waals surface area (Å²) in [5, 5.41) is 2.24. The van der Waals surface area contributed by atoms with Gasteiger partial charge in [-0.1, -0.05) is 12.1 Å². The number of amides is 1. The van der Waals surface area contributed by atoms with Crippen molar-refractivity contribution in [2.75, 3.05) is 13.7 Å². The first-order valence-electron chi connectivity index (χ1n) is 8.86. The molecule has 1 aromatic rings. The first-order chi connectivity index (χ1) is 12.7. The van der Waals surface area contributed by atoms with Crippen molar-refractivity contribution in [1.29, 1.82) is 0 Å². The standard InChI is InChI=1S/C20H28NO6.W/c1-6-26-18(23)17(21-19(24)27-20(2,3)4)16(22)9-7-8-14-10-12-15(25-5)13-11-14;/h10-13H,6-9H2,1-5H3,(H,21,24);/q-1;. The zero-order chi connectivity index (χ0) is 20.4. The fraction of sp³-hybridized carbons (Fsp3) is 0.500. The van der Waals surface area contributed by atoms with Crippen LogP contribution in [0.15, 0.2) is 24.3 Å². The molecule has 0 fully saturated rings. The van der Waals surface area contributed by atoms with E-state index in [9.17, 15) is 14.4 Å². The SMILES string of the molecule is CCOC(=O)[C-](NC(=O)OC(C)(C)C)C(=O)CCCc1ccc(OC)cc1.[W]. The van der Waals surface area contributed by atoms with E-state index in [0.717, 1.165) is 11.3 Å². The number of methoxy groups -OCH3 is 1. The van der Waals surface area contributed by atoms with Crippen LogP contribution in [0.3, 0.4) is 0 Å². The van der Waals surface area contributed by atoms with Gasteiger partial charge in [0.25, 0.3) is 0 Å². The van der Waals surface area contributed by atoms with Crippen LogP contribution in [-0.4, -0.2) is 37.2 Å². The molecule has 0 aliphatic heterocycles. The van der Waals surface area contributed by atoms with E-state index < -0.39 is 29.5 Å². The van der Waals surface area contributed by atoms with Crippen LogP contribution in [0.5, 0.6) is 5.75 Å². The average Bonchev–Trinajstić information content (AvgIpc) is 2.58. The second-order valence-corrected chi connectivity index (χ2v) is 6.85. The number of carbonyl (C=O) groups is 3. The van der Waals surface area contributed by atoms with Gasteiger partial charge in [-0.3, -0.25) is 4.79 Å². The molecular weight excluding hydrogens is 534 g/mol. The van der Waals surface area contributed by atoms with Gasteiger partial charge in [-0.15, -0.1) is 6.04 Å². The minimum atomic E-state index is -0.867. The van der Waals surface area contributed by atoms with Gasteiger partial charge < -0.3 is 24.3 Å². The second-order valence-electron chi connectivity index (χ2n) is 6.85. The molecule has 0 radical (unpaired) electrons. The van der Waals surface area contributed by atoms with Gasteiger partial charge in [0.05, 0.1) is 13.7 Å². The second kappa shape index (κ2) is 12.4. The Balaban J connectivity index is 0.00000729. The maximum absolute atomic E-state index is 12.4. The Bertz CT molecular complexity index is 639. The molecule has 0 saturated carbocycles. The molecule has 0 aliphatic rings. The molecule has 0 unspecified atom stereocenters. The van der Waals surface area contributed by atoms with Crippen molar-refractivity contribution in [2.24, 2.45) is 0 Å². The van der Waals surface area contributed by atoms with Crippen LogP contribution in [0.25, 0.3) is 0 Å². The van der Waals surface area contributed by atoms with Gasteiger partial charge in [0.1, 0.15) is 11.4 Å². The number of hydrogen-bond donors (Lipinski definition) is 1. The van der Waals surface area contributed by atoms with Crippen LogP contribution in [0, 0.1) is 6.04 Å². The van der Waals surface area contributed by atoms with E-state index >= 15 is 0 Å². The molecule has 1 N–H and O–H groups in total. The molecule has 0 saturated heterocycles. The van der Waals surface area contributed by atoms with Crippen molar-refractivity contribution < 1.29 is 49.7 Å². The third-order valence-corrected chi connectivity index (χ3v) is 3.41. The molecule has 7 nitrogen and oxygen atoms in total. The molecule has 0 spiro atoms. The Morgan fingerprint density at radius 2 is 1.71 bits per heavy atom. The van der Waals surface area contributed by atoms with E-state index in [1.807, 2.05) is 24.3 Å². The number of ketones is 1. The van der Waals surface area contributed by atoms with E-state index in [2.05, 4.69) is 5.32 Å². The summed E-state index contributed by atoms with van der Waals surface area (Å²) < 4.78 is 15.1. The number of carbonyl (C=O) groups excluding carboxylic acids is 3. The number of ether oxygens (including phenoxy) is 3. The third kappa shape index (κ3) is 9.79. The topological polar surface area (TPSA) is 90.9 Å². The quantitative estimate of drug-likeness (QED) is 0.283. The van der Waals surface area contributed by atoms with Crippen LogP contribution >= 0.6 is 0 Å². The number of rotatable bonds is 9. The fourth-order valence-corrected chi connectivity index (χ4v) is 2.21. The normalized spacial score (nSPS) is 10.3. The summed E-state index contributed by atoms with van der Waals surface area (Å²) in [6, 6.07) is 7.12. The van der Waals surface area contributed by atoms with Crippen molar-refractivity contribution in [3.63, 3.8) is 0 Å². The van der Waals surface area contributed by atoms with Crippen molar-refractivity contribution in [3.8, 4) is 5.75 Å². The molecule has 0 aromatic heterocycles. The average molecular weight is 562 g/mol. The molecule has 0 heterocycles. The summed E-state index contributed by atoms with van der Waals surface area (Å²) in [6.07, 6.45) is 0.396. The molecule has 1 amide bonds. The summed E-state index contributed by atoms with van der Waals surface area (Å²) in [7, 11) is 1.60. The monoisotopic (exact) mass is 562 g/mol. The van der Waals surface area contributed by atoms with Crippen LogP contribution in [0.4, 0.5) is 4.79 Å². The molecule has 28 heavy (non-hydrogen) atoms. The fourth-order valence-electron chi connectivity index (χ4n) is 2.21. The predicted octanol–water partition coefficient (Wildman–Crippen LogP) is 3.20. The van der Waals surface area contributed by atoms with Crippen molar-refractivity contribution in [3.05, 3.63) is 35.9 Å². The van der Waals surface area contributed by atoms with Gasteiger partial charge >= 0.3 is 6.09 Å². The van der Waals surface area contributed by atoms with Crippen LogP contribution in [0.2, 0.25) is 0 Å². The molecular formula is C20H28NO6W-. The van der Waals surface area contributed by atoms with Gasteiger partial charge in [0.15, 0.2) is 5.97 Å². The first-order valence-corrected chi connectivity index (χ1v) is 8.86. The van der Waals surface area contributed by atoms with E-state index in [1.165, 1.54) is 0 Å². The van der Waals surface area contributed by atoms with Gasteiger partial charge in [-0.05, 0) is 64.7 Å². The van der Waals surface area contributed by atoms with Crippen LogP contribution < -0.4 is 10.1 Å². The Hall–Kier alpha value is -2.01. The predicted molar refractivity (Wildman–Crippen MR) is 100 cm³/mol. The molecule has 1 aromatic carbocycles. The number of benzene rings is 1. The van der Waals surface area contributed by atoms with Gasteiger partial charge in [-0.25, -0.2) is 4.79 Å². The molecule has 1 rings (SSSR count).